The van der Waals surface area contributed by atoms with Gasteiger partial charge in [0.25, 0.3) is 5.69 Å². The van der Waals surface area contributed by atoms with Gasteiger partial charge in [0.05, 0.1) is 22.7 Å². The molecule has 6 heteroatoms. The largest absolute Gasteiger partial charge is 0.456 e. The van der Waals surface area contributed by atoms with Crippen molar-refractivity contribution in [2.75, 3.05) is 0 Å². The van der Waals surface area contributed by atoms with Gasteiger partial charge in [0, 0.05) is 6.07 Å². The van der Waals surface area contributed by atoms with Crippen LogP contribution in [0.2, 0.25) is 0 Å². The van der Waals surface area contributed by atoms with E-state index in [1.807, 2.05) is 0 Å². The highest BCUT2D eigenvalue weighted by molar-refractivity contribution is 5.47. The molecule has 0 bridgehead atoms. The highest BCUT2D eigenvalue weighted by Crippen LogP contribution is 2.34. The SMILES string of the molecule is Cc1ccc([N+](=O)[O-])cc1Oc1cccc(F)c1[C@H](C)O. The molecule has 0 saturated heterocycles. The van der Waals surface area contributed by atoms with Crippen LogP contribution < -0.4 is 4.74 Å². The summed E-state index contributed by atoms with van der Waals surface area (Å²) in [4.78, 5) is 10.3. The molecule has 1 atom stereocenters. The molecule has 0 amide bonds. The van der Waals surface area contributed by atoms with Crippen molar-refractivity contribution >= 4 is 5.69 Å². The van der Waals surface area contributed by atoms with Crippen LogP contribution in [-0.4, -0.2) is 10.0 Å². The molecule has 0 aliphatic carbocycles. The summed E-state index contributed by atoms with van der Waals surface area (Å²) in [7, 11) is 0. The summed E-state index contributed by atoms with van der Waals surface area (Å²) in [5.41, 5.74) is 0.565. The zero-order valence-electron chi connectivity index (χ0n) is 11.5. The summed E-state index contributed by atoms with van der Waals surface area (Å²) in [6.45, 7) is 3.14. The molecule has 0 aliphatic heterocycles. The molecular formula is C15H14FNO4. The van der Waals surface area contributed by atoms with Crippen molar-refractivity contribution in [3.05, 3.63) is 63.5 Å². The molecule has 110 valence electrons. The van der Waals surface area contributed by atoms with Crippen molar-refractivity contribution in [3.8, 4) is 11.5 Å². The zero-order chi connectivity index (χ0) is 15.6. The smallest absolute Gasteiger partial charge is 0.273 e. The van der Waals surface area contributed by atoms with E-state index in [0.717, 1.165) is 0 Å². The monoisotopic (exact) mass is 291 g/mol. The van der Waals surface area contributed by atoms with E-state index in [4.69, 9.17) is 4.74 Å². The quantitative estimate of drug-likeness (QED) is 0.685. The van der Waals surface area contributed by atoms with Gasteiger partial charge in [-0.25, -0.2) is 4.39 Å². The highest BCUT2D eigenvalue weighted by Gasteiger charge is 2.17. The molecule has 2 aromatic carbocycles. The van der Waals surface area contributed by atoms with Crippen LogP contribution in [0.15, 0.2) is 36.4 Å². The summed E-state index contributed by atoms with van der Waals surface area (Å²) in [5.74, 6) is -0.212. The number of benzene rings is 2. The van der Waals surface area contributed by atoms with E-state index in [2.05, 4.69) is 0 Å². The van der Waals surface area contributed by atoms with Crippen molar-refractivity contribution < 1.29 is 19.2 Å². The van der Waals surface area contributed by atoms with Crippen LogP contribution >= 0.6 is 0 Å². The van der Waals surface area contributed by atoms with Crippen LogP contribution in [0.5, 0.6) is 11.5 Å². The molecule has 0 radical (unpaired) electrons. The van der Waals surface area contributed by atoms with Crippen LogP contribution in [0, 0.1) is 22.9 Å². The number of hydrogen-bond acceptors (Lipinski definition) is 4. The molecule has 0 aromatic heterocycles. The molecule has 0 unspecified atom stereocenters. The Morgan fingerprint density at radius 3 is 2.62 bits per heavy atom. The van der Waals surface area contributed by atoms with Gasteiger partial charge in [0.1, 0.15) is 17.3 Å². The standard InChI is InChI=1S/C15H14FNO4/c1-9-6-7-11(17(19)20)8-14(9)21-13-5-3-4-12(16)15(13)10(2)18/h3-8,10,18H,1-2H3/t10-/m0/s1. The van der Waals surface area contributed by atoms with Crippen LogP contribution in [0.4, 0.5) is 10.1 Å². The normalized spacial score (nSPS) is 12.0. The summed E-state index contributed by atoms with van der Waals surface area (Å²) in [5, 5.41) is 20.4. The Balaban J connectivity index is 2.45. The Bertz CT molecular complexity index is 685. The Morgan fingerprint density at radius 2 is 2.00 bits per heavy atom. The molecular weight excluding hydrogens is 277 g/mol. The van der Waals surface area contributed by atoms with Crippen LogP contribution in [-0.2, 0) is 0 Å². The molecule has 5 nitrogen and oxygen atoms in total. The van der Waals surface area contributed by atoms with E-state index in [1.165, 1.54) is 37.3 Å². The molecule has 0 heterocycles. The number of aliphatic hydroxyl groups is 1. The lowest BCUT2D eigenvalue weighted by atomic mass is 10.1. The second-order valence-corrected chi connectivity index (χ2v) is 4.64. The van der Waals surface area contributed by atoms with Gasteiger partial charge in [-0.15, -0.1) is 0 Å². The minimum Gasteiger partial charge on any atom is -0.456 e. The second kappa shape index (κ2) is 5.88. The van der Waals surface area contributed by atoms with E-state index in [-0.39, 0.29) is 22.7 Å². The molecule has 0 aliphatic rings. The van der Waals surface area contributed by atoms with Gasteiger partial charge in [-0.3, -0.25) is 10.1 Å². The number of hydrogen-bond donors (Lipinski definition) is 1. The van der Waals surface area contributed by atoms with Crippen molar-refractivity contribution in [1.29, 1.82) is 0 Å². The molecule has 0 fully saturated rings. The summed E-state index contributed by atoms with van der Waals surface area (Å²) >= 11 is 0. The predicted octanol–water partition coefficient (Wildman–Crippen LogP) is 3.89. The van der Waals surface area contributed by atoms with Gasteiger partial charge in [-0.2, -0.15) is 0 Å². The molecule has 2 aromatic rings. The lowest BCUT2D eigenvalue weighted by Crippen LogP contribution is -2.00. The minimum absolute atomic E-state index is 0.0170. The van der Waals surface area contributed by atoms with Crippen LogP contribution in [0.25, 0.3) is 0 Å². The molecule has 1 N–H and O–H groups in total. The number of rotatable bonds is 4. The van der Waals surface area contributed by atoms with Gasteiger partial charge in [-0.1, -0.05) is 6.07 Å². The average Bonchev–Trinajstić information content (AvgIpc) is 2.40. The maximum absolute atomic E-state index is 13.8. The second-order valence-electron chi connectivity index (χ2n) is 4.64. The van der Waals surface area contributed by atoms with E-state index < -0.39 is 16.8 Å². The Labute approximate surface area is 120 Å². The number of aryl methyl sites for hydroxylation is 1. The number of aliphatic hydroxyl groups excluding tert-OH is 1. The Kier molecular flexibility index (Phi) is 4.18. The fraction of sp³-hybridized carbons (Fsp3) is 0.200. The average molecular weight is 291 g/mol. The van der Waals surface area contributed by atoms with Crippen molar-refractivity contribution in [2.45, 2.75) is 20.0 Å². The van der Waals surface area contributed by atoms with Gasteiger partial charge in [0.15, 0.2) is 0 Å². The summed E-state index contributed by atoms with van der Waals surface area (Å²) in [6, 6.07) is 8.35. The first-order valence-electron chi connectivity index (χ1n) is 6.29. The number of halogens is 1. The van der Waals surface area contributed by atoms with E-state index >= 15 is 0 Å². The fourth-order valence-electron chi connectivity index (χ4n) is 1.94. The third kappa shape index (κ3) is 3.17. The van der Waals surface area contributed by atoms with Gasteiger partial charge in [0.2, 0.25) is 0 Å². The van der Waals surface area contributed by atoms with Crippen molar-refractivity contribution in [1.82, 2.24) is 0 Å². The first kappa shape index (κ1) is 14.9. The van der Waals surface area contributed by atoms with E-state index in [0.29, 0.717) is 5.56 Å². The maximum Gasteiger partial charge on any atom is 0.273 e. The van der Waals surface area contributed by atoms with Crippen molar-refractivity contribution in [2.24, 2.45) is 0 Å². The lowest BCUT2D eigenvalue weighted by Gasteiger charge is -2.15. The predicted molar refractivity (Wildman–Crippen MR) is 74.9 cm³/mol. The lowest BCUT2D eigenvalue weighted by molar-refractivity contribution is -0.384. The van der Waals surface area contributed by atoms with Gasteiger partial charge in [-0.05, 0) is 37.6 Å². The third-order valence-electron chi connectivity index (χ3n) is 3.03. The fourth-order valence-corrected chi connectivity index (χ4v) is 1.94. The van der Waals surface area contributed by atoms with Crippen LogP contribution in [0.1, 0.15) is 24.2 Å². The summed E-state index contributed by atoms with van der Waals surface area (Å²) < 4.78 is 19.3. The number of nitro benzene ring substituents is 1. The number of non-ortho nitro benzene ring substituents is 1. The topological polar surface area (TPSA) is 72.6 Å². The molecule has 0 saturated carbocycles. The van der Waals surface area contributed by atoms with Crippen LogP contribution in [0.3, 0.4) is 0 Å². The molecule has 0 spiro atoms. The number of nitro groups is 1. The molecule has 21 heavy (non-hydrogen) atoms. The van der Waals surface area contributed by atoms with Gasteiger partial charge < -0.3 is 9.84 Å². The first-order valence-corrected chi connectivity index (χ1v) is 6.29. The minimum atomic E-state index is -1.06. The molecule has 2 rings (SSSR count). The first-order chi connectivity index (χ1) is 9.90. The maximum atomic E-state index is 13.8. The van der Waals surface area contributed by atoms with E-state index in [9.17, 15) is 19.6 Å². The Hall–Kier alpha value is -2.47. The van der Waals surface area contributed by atoms with Crippen molar-refractivity contribution in [3.63, 3.8) is 0 Å². The summed E-state index contributed by atoms with van der Waals surface area (Å²) in [6.07, 6.45) is -1.06. The highest BCUT2D eigenvalue weighted by atomic mass is 19.1. The third-order valence-corrected chi connectivity index (χ3v) is 3.03. The van der Waals surface area contributed by atoms with Gasteiger partial charge >= 0.3 is 0 Å². The number of ether oxygens (including phenoxy) is 1. The zero-order valence-corrected chi connectivity index (χ0v) is 11.5. The van der Waals surface area contributed by atoms with E-state index in [1.54, 1.807) is 13.0 Å². The number of nitrogens with zero attached hydrogens (tertiary/aromatic N) is 1. The Morgan fingerprint density at radius 1 is 1.29 bits per heavy atom.